The first-order valence-corrected chi connectivity index (χ1v) is 12.6. The van der Waals surface area contributed by atoms with Crippen molar-refractivity contribution in [2.45, 2.75) is 83.2 Å². The summed E-state index contributed by atoms with van der Waals surface area (Å²) in [6.45, 7) is 6.59. The Labute approximate surface area is 193 Å². The summed E-state index contributed by atoms with van der Waals surface area (Å²) in [5.74, 6) is 2.03. The van der Waals surface area contributed by atoms with Crippen molar-refractivity contribution in [1.82, 2.24) is 20.1 Å². The van der Waals surface area contributed by atoms with Gasteiger partial charge in [-0.15, -0.1) is 5.10 Å². The predicted molar refractivity (Wildman–Crippen MR) is 125 cm³/mol. The highest BCUT2D eigenvalue weighted by Gasteiger charge is 2.61. The van der Waals surface area contributed by atoms with Crippen LogP contribution in [0, 0.1) is 17.3 Å². The molecule has 4 saturated carbocycles. The molecule has 0 unspecified atom stereocenters. The van der Waals surface area contributed by atoms with Gasteiger partial charge in [0.15, 0.2) is 0 Å². The molecule has 0 aliphatic heterocycles. The number of carbonyl (C=O) groups is 1. The minimum Gasteiger partial charge on any atom is -0.349 e. The maximum absolute atomic E-state index is 13.7. The maximum atomic E-state index is 13.7. The zero-order valence-corrected chi connectivity index (χ0v) is 20.4. The monoisotopic (exact) mass is 484 g/mol. The van der Waals surface area contributed by atoms with Gasteiger partial charge in [0.1, 0.15) is 6.33 Å². The van der Waals surface area contributed by atoms with Crippen molar-refractivity contribution in [3.63, 3.8) is 0 Å². The van der Waals surface area contributed by atoms with Crippen LogP contribution in [0.15, 0.2) is 35.3 Å². The molecule has 0 spiro atoms. The number of nitrogens with zero attached hydrogens (tertiary/aromatic N) is 3. The molecule has 6 heteroatoms. The fraction of sp³-hybridized carbons (Fsp3) is 0.640. The van der Waals surface area contributed by atoms with Crippen LogP contribution in [0.5, 0.6) is 0 Å². The molecule has 0 radical (unpaired) electrons. The molecule has 4 aliphatic rings. The van der Waals surface area contributed by atoms with Crippen LogP contribution in [-0.2, 0) is 10.3 Å². The second-order valence-electron chi connectivity index (χ2n) is 10.6. The van der Waals surface area contributed by atoms with E-state index < -0.39 is 0 Å². The number of rotatable bonds is 6. The lowest BCUT2D eigenvalue weighted by Gasteiger charge is -2.61. The number of benzene rings is 1. The van der Waals surface area contributed by atoms with E-state index >= 15 is 0 Å². The third-order valence-corrected chi connectivity index (χ3v) is 8.79. The van der Waals surface area contributed by atoms with Crippen LogP contribution in [0.3, 0.4) is 0 Å². The Morgan fingerprint density at radius 1 is 1.16 bits per heavy atom. The van der Waals surface area contributed by atoms with E-state index in [0.29, 0.717) is 22.5 Å². The third kappa shape index (κ3) is 3.65. The number of hydrogen-bond acceptors (Lipinski definition) is 3. The fourth-order valence-corrected chi connectivity index (χ4v) is 7.26. The number of aromatic nitrogens is 3. The summed E-state index contributed by atoms with van der Waals surface area (Å²) in [4.78, 5) is 18.0. The summed E-state index contributed by atoms with van der Waals surface area (Å²) >= 11 is 3.41. The van der Waals surface area contributed by atoms with Crippen molar-refractivity contribution >= 4 is 21.8 Å². The molecule has 1 aromatic heterocycles. The average molecular weight is 485 g/mol. The Balaban J connectivity index is 1.35. The number of amides is 1. The van der Waals surface area contributed by atoms with E-state index in [4.69, 9.17) is 0 Å². The molecule has 2 aromatic rings. The Kier molecular flexibility index (Phi) is 5.27. The van der Waals surface area contributed by atoms with Crippen LogP contribution in [0.25, 0.3) is 0 Å². The first kappa shape index (κ1) is 21.2. The van der Waals surface area contributed by atoms with E-state index in [1.165, 1.54) is 17.5 Å². The fourth-order valence-electron chi connectivity index (χ4n) is 7.00. The summed E-state index contributed by atoms with van der Waals surface area (Å²) in [6.07, 6.45) is 9.43. The summed E-state index contributed by atoms with van der Waals surface area (Å²) in [5.41, 5.74) is 2.22. The summed E-state index contributed by atoms with van der Waals surface area (Å²) in [6, 6.07) is 8.81. The number of hydrogen-bond donors (Lipinski definition) is 1. The van der Waals surface area contributed by atoms with Crippen LogP contribution in [0.2, 0.25) is 0 Å². The van der Waals surface area contributed by atoms with Crippen molar-refractivity contribution < 1.29 is 4.79 Å². The Hall–Kier alpha value is -1.69. The lowest BCUT2D eigenvalue weighted by molar-refractivity contribution is -0.156. The van der Waals surface area contributed by atoms with Gasteiger partial charge in [0.25, 0.3) is 0 Å². The van der Waals surface area contributed by atoms with E-state index in [-0.39, 0.29) is 22.9 Å². The minimum atomic E-state index is -0.270. The first-order valence-electron chi connectivity index (χ1n) is 11.8. The highest BCUT2D eigenvalue weighted by molar-refractivity contribution is 9.10. The average Bonchev–Trinajstić information content (AvgIpc) is 3.19. The van der Waals surface area contributed by atoms with Crippen molar-refractivity contribution in [3.05, 3.63) is 46.5 Å². The molecule has 5 nitrogen and oxygen atoms in total. The molecule has 6 rings (SSSR count). The van der Waals surface area contributed by atoms with Gasteiger partial charge < -0.3 is 5.32 Å². The van der Waals surface area contributed by atoms with E-state index in [1.807, 2.05) is 6.33 Å². The molecule has 4 atom stereocenters. The van der Waals surface area contributed by atoms with Gasteiger partial charge in [0.2, 0.25) is 10.6 Å². The minimum absolute atomic E-state index is 0.0166. The lowest BCUT2D eigenvalue weighted by Crippen LogP contribution is -2.61. The van der Waals surface area contributed by atoms with Crippen LogP contribution in [0.1, 0.15) is 88.8 Å². The molecule has 4 fully saturated rings. The second-order valence-corrected chi connectivity index (χ2v) is 11.3. The van der Waals surface area contributed by atoms with Crippen molar-refractivity contribution in [1.29, 1.82) is 0 Å². The largest absolute Gasteiger partial charge is 0.349 e. The molecule has 31 heavy (non-hydrogen) atoms. The quantitative estimate of drug-likeness (QED) is 0.569. The Bertz CT molecular complexity index is 954. The number of carbonyl (C=O) groups excluding carboxylic acids is 1. The molecule has 1 amide bonds. The highest BCUT2D eigenvalue weighted by atomic mass is 79.9. The van der Waals surface area contributed by atoms with Gasteiger partial charge in [-0.05, 0) is 96.7 Å². The van der Waals surface area contributed by atoms with Crippen molar-refractivity contribution in [3.8, 4) is 0 Å². The molecule has 4 aliphatic carbocycles. The van der Waals surface area contributed by atoms with Gasteiger partial charge in [-0.3, -0.25) is 4.79 Å². The van der Waals surface area contributed by atoms with Gasteiger partial charge in [-0.1, -0.05) is 38.1 Å². The van der Waals surface area contributed by atoms with Gasteiger partial charge in [-0.25, -0.2) is 9.67 Å². The molecular weight excluding hydrogens is 452 g/mol. The van der Waals surface area contributed by atoms with E-state index in [9.17, 15) is 4.79 Å². The molecule has 1 N–H and O–H groups in total. The Morgan fingerprint density at radius 2 is 1.81 bits per heavy atom. The molecule has 4 bridgehead atoms. The lowest BCUT2D eigenvalue weighted by atomic mass is 9.46. The van der Waals surface area contributed by atoms with Gasteiger partial charge in [0.05, 0.1) is 17.0 Å². The smallest absolute Gasteiger partial charge is 0.226 e. The van der Waals surface area contributed by atoms with Gasteiger partial charge in [0, 0.05) is 0 Å². The van der Waals surface area contributed by atoms with Crippen LogP contribution < -0.4 is 5.32 Å². The third-order valence-electron chi connectivity index (χ3n) is 8.43. The van der Waals surface area contributed by atoms with E-state index in [2.05, 4.69) is 81.0 Å². The number of nitrogens with one attached hydrogen (secondary N) is 1. The van der Waals surface area contributed by atoms with Crippen LogP contribution in [-0.4, -0.2) is 20.7 Å². The molecular formula is C25H33BrN4O. The molecule has 0 saturated heterocycles. The van der Waals surface area contributed by atoms with Gasteiger partial charge >= 0.3 is 0 Å². The highest BCUT2D eigenvalue weighted by Crippen LogP contribution is 2.64. The molecule has 1 aromatic carbocycles. The summed E-state index contributed by atoms with van der Waals surface area (Å²) in [5, 5.41) is 8.02. The van der Waals surface area contributed by atoms with E-state index in [0.717, 1.165) is 38.5 Å². The van der Waals surface area contributed by atoms with Crippen LogP contribution >= 0.6 is 15.9 Å². The number of halogens is 1. The summed E-state index contributed by atoms with van der Waals surface area (Å²) < 4.78 is 2.70. The topological polar surface area (TPSA) is 59.8 Å². The van der Waals surface area contributed by atoms with Gasteiger partial charge in [-0.2, -0.15) is 0 Å². The van der Waals surface area contributed by atoms with E-state index in [1.54, 1.807) is 0 Å². The normalized spacial score (nSPS) is 33.3. The second kappa shape index (κ2) is 7.72. The summed E-state index contributed by atoms with van der Waals surface area (Å²) in [7, 11) is 0. The molecule has 166 valence electrons. The molecule has 1 heterocycles. The standard InChI is InChI=1S/C25H33BrN4O/c1-4-16(2)20-5-7-21(8-6-20)17(3)28-22(31)24-10-18-9-19(11-24)13-25(12-18,14-24)30-15-27-23(26)29-30/h5-8,15-19H,4,9-14H2,1-3H3,(H,28,31)/t16-,17-,18-,19-,24?,25?/m0/s1. The Morgan fingerprint density at radius 3 is 2.39 bits per heavy atom. The first-order chi connectivity index (χ1) is 14.8. The predicted octanol–water partition coefficient (Wildman–Crippen LogP) is 5.73. The zero-order valence-electron chi connectivity index (χ0n) is 18.8. The van der Waals surface area contributed by atoms with Crippen molar-refractivity contribution in [2.24, 2.45) is 17.3 Å². The van der Waals surface area contributed by atoms with Crippen molar-refractivity contribution in [2.75, 3.05) is 0 Å². The van der Waals surface area contributed by atoms with Crippen LogP contribution in [0.4, 0.5) is 0 Å². The maximum Gasteiger partial charge on any atom is 0.226 e. The zero-order chi connectivity index (χ0) is 21.8. The SMILES string of the molecule is CC[C@H](C)c1ccc([C@H](C)NC(=O)C23C[C@@H]4C[C@@H](C2)CC(n2cnc(Br)n2)(C4)C3)cc1.